The Morgan fingerprint density at radius 2 is 1.92 bits per heavy atom. The van der Waals surface area contributed by atoms with Crippen molar-refractivity contribution in [2.24, 2.45) is 4.99 Å². The first-order valence-corrected chi connectivity index (χ1v) is 8.28. The van der Waals surface area contributed by atoms with Crippen LogP contribution in [0, 0.1) is 0 Å². The highest BCUT2D eigenvalue weighted by Gasteiger charge is 2.25. The molecule has 0 bridgehead atoms. The predicted octanol–water partition coefficient (Wildman–Crippen LogP) is 3.46. The van der Waals surface area contributed by atoms with Crippen molar-refractivity contribution < 1.29 is 23.7 Å². The SMILES string of the molecule is COc1cc(/C=C2\N=C(c3ccc(Cl)cc3)OC2=O)cc2c1OCCO2. The standard InChI is InChI=1S/C19H14ClNO5/c1-23-15-9-11(10-16-17(15)25-7-6-24-16)8-14-19(22)26-18(21-14)12-2-4-13(20)5-3-12/h2-5,8-10H,6-7H2,1H3/b14-8-. The van der Waals surface area contributed by atoms with Crippen LogP contribution >= 0.6 is 11.6 Å². The molecule has 6 nitrogen and oxygen atoms in total. The summed E-state index contributed by atoms with van der Waals surface area (Å²) in [5.74, 6) is 1.37. The number of aliphatic imine (C=N–C) groups is 1. The van der Waals surface area contributed by atoms with Crippen LogP contribution in [0.25, 0.3) is 6.08 Å². The molecule has 0 spiro atoms. The minimum Gasteiger partial charge on any atom is -0.493 e. The summed E-state index contributed by atoms with van der Waals surface area (Å²) >= 11 is 5.88. The van der Waals surface area contributed by atoms with E-state index < -0.39 is 5.97 Å². The lowest BCUT2D eigenvalue weighted by atomic mass is 10.1. The van der Waals surface area contributed by atoms with Gasteiger partial charge in [0.2, 0.25) is 11.6 Å². The Hall–Kier alpha value is -2.99. The highest BCUT2D eigenvalue weighted by Crippen LogP contribution is 2.41. The largest absolute Gasteiger partial charge is 0.493 e. The number of rotatable bonds is 3. The minimum atomic E-state index is -0.524. The van der Waals surface area contributed by atoms with E-state index in [2.05, 4.69) is 4.99 Å². The smallest absolute Gasteiger partial charge is 0.363 e. The molecule has 2 aromatic rings. The Kier molecular flexibility index (Phi) is 4.26. The van der Waals surface area contributed by atoms with E-state index in [1.165, 1.54) is 0 Å². The molecule has 2 aromatic carbocycles. The number of hydrogen-bond donors (Lipinski definition) is 0. The molecule has 0 atom stereocenters. The molecule has 132 valence electrons. The van der Waals surface area contributed by atoms with Crippen molar-refractivity contribution in [3.63, 3.8) is 0 Å². The summed E-state index contributed by atoms with van der Waals surface area (Å²) in [5, 5.41) is 0.595. The summed E-state index contributed by atoms with van der Waals surface area (Å²) in [5.41, 5.74) is 1.55. The van der Waals surface area contributed by atoms with Crippen LogP contribution in [0.4, 0.5) is 0 Å². The van der Waals surface area contributed by atoms with E-state index in [9.17, 15) is 4.79 Å². The van der Waals surface area contributed by atoms with E-state index in [4.69, 9.17) is 30.5 Å². The number of ether oxygens (including phenoxy) is 4. The Morgan fingerprint density at radius 1 is 1.15 bits per heavy atom. The lowest BCUT2D eigenvalue weighted by Crippen LogP contribution is -2.16. The summed E-state index contributed by atoms with van der Waals surface area (Å²) in [6, 6.07) is 10.4. The van der Waals surface area contributed by atoms with E-state index in [1.807, 2.05) is 0 Å². The highest BCUT2D eigenvalue weighted by atomic mass is 35.5. The molecule has 0 radical (unpaired) electrons. The molecular formula is C19H14ClNO5. The normalized spacial score (nSPS) is 17.1. The maximum absolute atomic E-state index is 12.2. The van der Waals surface area contributed by atoms with Gasteiger partial charge in [0, 0.05) is 10.6 Å². The predicted molar refractivity (Wildman–Crippen MR) is 96.0 cm³/mol. The monoisotopic (exact) mass is 371 g/mol. The Morgan fingerprint density at radius 3 is 2.69 bits per heavy atom. The number of fused-ring (bicyclic) bond motifs is 1. The van der Waals surface area contributed by atoms with Crippen LogP contribution < -0.4 is 14.2 Å². The molecule has 26 heavy (non-hydrogen) atoms. The van der Waals surface area contributed by atoms with Crippen LogP contribution in [-0.2, 0) is 9.53 Å². The van der Waals surface area contributed by atoms with Gasteiger partial charge in [-0.1, -0.05) is 11.6 Å². The molecule has 0 fully saturated rings. The molecule has 2 aliphatic rings. The van der Waals surface area contributed by atoms with Gasteiger partial charge in [0.05, 0.1) is 7.11 Å². The second kappa shape index (κ2) is 6.72. The van der Waals surface area contributed by atoms with Crippen LogP contribution in [0.5, 0.6) is 17.2 Å². The van der Waals surface area contributed by atoms with Crippen molar-refractivity contribution in [2.75, 3.05) is 20.3 Å². The molecule has 0 unspecified atom stereocenters. The Bertz CT molecular complexity index is 916. The molecule has 0 saturated heterocycles. The molecule has 0 aliphatic carbocycles. The van der Waals surface area contributed by atoms with Gasteiger partial charge in [0.1, 0.15) is 13.2 Å². The van der Waals surface area contributed by atoms with Gasteiger partial charge in [-0.2, -0.15) is 0 Å². The second-order valence-electron chi connectivity index (χ2n) is 5.59. The number of esters is 1. The first kappa shape index (κ1) is 16.5. The zero-order valence-electron chi connectivity index (χ0n) is 13.8. The number of hydrogen-bond acceptors (Lipinski definition) is 6. The van der Waals surface area contributed by atoms with Crippen molar-refractivity contribution in [1.82, 2.24) is 0 Å². The van der Waals surface area contributed by atoms with Gasteiger partial charge < -0.3 is 18.9 Å². The fraction of sp³-hybridized carbons (Fsp3) is 0.158. The van der Waals surface area contributed by atoms with Gasteiger partial charge in [-0.05, 0) is 48.0 Å². The highest BCUT2D eigenvalue weighted by molar-refractivity contribution is 6.30. The summed E-state index contributed by atoms with van der Waals surface area (Å²) in [4.78, 5) is 16.4. The second-order valence-corrected chi connectivity index (χ2v) is 6.03. The Balaban J connectivity index is 1.69. The van der Waals surface area contributed by atoms with Crippen molar-refractivity contribution in [1.29, 1.82) is 0 Å². The van der Waals surface area contributed by atoms with Crippen molar-refractivity contribution in [3.05, 3.63) is 58.2 Å². The number of halogens is 1. The van der Waals surface area contributed by atoms with Crippen molar-refractivity contribution in [2.45, 2.75) is 0 Å². The number of cyclic esters (lactones) is 1. The van der Waals surface area contributed by atoms with Gasteiger partial charge in [-0.25, -0.2) is 9.79 Å². The van der Waals surface area contributed by atoms with Crippen molar-refractivity contribution >= 4 is 29.5 Å². The summed E-state index contributed by atoms with van der Waals surface area (Å²) < 4.78 is 21.8. The van der Waals surface area contributed by atoms with Crippen molar-refractivity contribution in [3.8, 4) is 17.2 Å². The van der Waals surface area contributed by atoms with E-state index in [0.717, 1.165) is 0 Å². The van der Waals surface area contributed by atoms with Crippen LogP contribution in [0.1, 0.15) is 11.1 Å². The third-order valence-electron chi connectivity index (χ3n) is 3.87. The summed E-state index contributed by atoms with van der Waals surface area (Å²) in [6.45, 7) is 0.919. The number of methoxy groups -OCH3 is 1. The molecular weight excluding hydrogens is 358 g/mol. The molecule has 0 aromatic heterocycles. The fourth-order valence-corrected chi connectivity index (χ4v) is 2.79. The van der Waals surface area contributed by atoms with Gasteiger partial charge in [-0.15, -0.1) is 0 Å². The lowest BCUT2D eigenvalue weighted by molar-refractivity contribution is -0.129. The van der Waals surface area contributed by atoms with Gasteiger partial charge in [0.15, 0.2) is 17.2 Å². The van der Waals surface area contributed by atoms with E-state index in [0.29, 0.717) is 46.6 Å². The summed E-state index contributed by atoms with van der Waals surface area (Å²) in [7, 11) is 1.55. The van der Waals surface area contributed by atoms with Crippen LogP contribution in [0.2, 0.25) is 5.02 Å². The fourth-order valence-electron chi connectivity index (χ4n) is 2.66. The third-order valence-corrected chi connectivity index (χ3v) is 4.12. The van der Waals surface area contributed by atoms with Gasteiger partial charge in [-0.3, -0.25) is 0 Å². The van der Waals surface area contributed by atoms with Crippen LogP contribution in [-0.4, -0.2) is 32.2 Å². The molecule has 7 heteroatoms. The van der Waals surface area contributed by atoms with E-state index in [-0.39, 0.29) is 11.6 Å². The van der Waals surface area contributed by atoms with Crippen LogP contribution in [0.15, 0.2) is 47.1 Å². The number of carbonyl (C=O) groups is 1. The Labute approximate surface area is 154 Å². The molecule has 2 aliphatic heterocycles. The van der Waals surface area contributed by atoms with E-state index >= 15 is 0 Å². The topological polar surface area (TPSA) is 66.4 Å². The molecule has 4 rings (SSSR count). The maximum Gasteiger partial charge on any atom is 0.363 e. The zero-order chi connectivity index (χ0) is 18.1. The number of carbonyl (C=O) groups excluding carboxylic acids is 1. The lowest BCUT2D eigenvalue weighted by Gasteiger charge is -2.20. The molecule has 0 saturated carbocycles. The number of nitrogens with zero attached hydrogens (tertiary/aromatic N) is 1. The van der Waals surface area contributed by atoms with Crippen LogP contribution in [0.3, 0.4) is 0 Å². The first-order valence-electron chi connectivity index (χ1n) is 7.90. The van der Waals surface area contributed by atoms with E-state index in [1.54, 1.807) is 49.6 Å². The molecule has 0 N–H and O–H groups in total. The molecule has 2 heterocycles. The average Bonchev–Trinajstić information content (AvgIpc) is 3.02. The third kappa shape index (κ3) is 3.11. The maximum atomic E-state index is 12.2. The first-order chi connectivity index (χ1) is 12.6. The van der Waals surface area contributed by atoms with Gasteiger partial charge >= 0.3 is 5.97 Å². The zero-order valence-corrected chi connectivity index (χ0v) is 14.6. The summed E-state index contributed by atoms with van der Waals surface area (Å²) in [6.07, 6.45) is 1.62. The average molecular weight is 372 g/mol. The molecule has 0 amide bonds. The minimum absolute atomic E-state index is 0.189. The quantitative estimate of drug-likeness (QED) is 0.610. The number of benzene rings is 2. The van der Waals surface area contributed by atoms with Gasteiger partial charge in [0.25, 0.3) is 0 Å².